The number of carbonyl (C=O) groups excluding carboxylic acids is 1. The number of piperazine rings is 1. The van der Waals surface area contributed by atoms with Gasteiger partial charge in [0.15, 0.2) is 0 Å². The molecule has 1 amide bonds. The van der Waals surface area contributed by atoms with E-state index >= 15 is 0 Å². The van der Waals surface area contributed by atoms with Crippen molar-refractivity contribution in [2.45, 2.75) is 13.0 Å². The van der Waals surface area contributed by atoms with Gasteiger partial charge in [0, 0.05) is 26.2 Å². The first-order valence-corrected chi connectivity index (χ1v) is 5.54. The van der Waals surface area contributed by atoms with E-state index in [4.69, 9.17) is 5.26 Å². The Balaban J connectivity index is 1.97. The second-order valence-corrected chi connectivity index (χ2v) is 3.85. The quantitative estimate of drug-likeness (QED) is 0.708. The number of amides is 1. The molecule has 0 saturated carbocycles. The molecule has 1 N–H and O–H groups in total. The molecule has 17 heavy (non-hydrogen) atoms. The van der Waals surface area contributed by atoms with Gasteiger partial charge in [-0.15, -0.1) is 5.10 Å². The van der Waals surface area contributed by atoms with Crippen molar-refractivity contribution in [1.29, 1.82) is 5.26 Å². The van der Waals surface area contributed by atoms with Gasteiger partial charge in [0.2, 0.25) is 5.91 Å². The zero-order chi connectivity index (χ0) is 12.1. The average molecular weight is 234 g/mol. The summed E-state index contributed by atoms with van der Waals surface area (Å²) in [6, 6.07) is 1.99. The third-order valence-corrected chi connectivity index (χ3v) is 2.72. The van der Waals surface area contributed by atoms with Gasteiger partial charge in [-0.05, 0) is 0 Å². The highest BCUT2D eigenvalue weighted by Crippen LogP contribution is 2.02. The Morgan fingerprint density at radius 2 is 2.29 bits per heavy atom. The molecule has 0 atom stereocenters. The summed E-state index contributed by atoms with van der Waals surface area (Å²) in [7, 11) is 0. The highest BCUT2D eigenvalue weighted by Gasteiger charge is 2.18. The molecule has 1 saturated heterocycles. The molecule has 0 aromatic carbocycles. The molecular formula is C10H14N6O. The van der Waals surface area contributed by atoms with E-state index in [1.807, 2.05) is 11.0 Å². The predicted molar refractivity (Wildman–Crippen MR) is 58.8 cm³/mol. The molecule has 1 aromatic rings. The van der Waals surface area contributed by atoms with Crippen LogP contribution in [0.5, 0.6) is 0 Å². The maximum Gasteiger partial charge on any atom is 0.228 e. The Kier molecular flexibility index (Phi) is 3.67. The SMILES string of the molecule is N#CCn1nncc1CC(=O)N1CCNCC1. The van der Waals surface area contributed by atoms with Crippen LogP contribution >= 0.6 is 0 Å². The molecule has 1 fully saturated rings. The number of nitrogens with zero attached hydrogens (tertiary/aromatic N) is 5. The monoisotopic (exact) mass is 234 g/mol. The summed E-state index contributed by atoms with van der Waals surface area (Å²) in [5.74, 6) is 0.0630. The van der Waals surface area contributed by atoms with Gasteiger partial charge < -0.3 is 10.2 Å². The molecule has 90 valence electrons. The van der Waals surface area contributed by atoms with Gasteiger partial charge in [-0.1, -0.05) is 5.21 Å². The number of rotatable bonds is 3. The number of carbonyl (C=O) groups is 1. The summed E-state index contributed by atoms with van der Waals surface area (Å²) >= 11 is 0. The van der Waals surface area contributed by atoms with E-state index < -0.39 is 0 Å². The van der Waals surface area contributed by atoms with Gasteiger partial charge >= 0.3 is 0 Å². The van der Waals surface area contributed by atoms with Crippen molar-refractivity contribution in [2.75, 3.05) is 26.2 Å². The van der Waals surface area contributed by atoms with Gasteiger partial charge in [0.1, 0.15) is 6.54 Å². The molecular weight excluding hydrogens is 220 g/mol. The van der Waals surface area contributed by atoms with Crippen molar-refractivity contribution in [3.05, 3.63) is 11.9 Å². The minimum Gasteiger partial charge on any atom is -0.340 e. The molecule has 1 aromatic heterocycles. The molecule has 0 unspecified atom stereocenters. The Labute approximate surface area is 99.0 Å². The number of hydrogen-bond acceptors (Lipinski definition) is 5. The molecule has 0 bridgehead atoms. The largest absolute Gasteiger partial charge is 0.340 e. The lowest BCUT2D eigenvalue weighted by Crippen LogP contribution is -2.47. The Morgan fingerprint density at radius 3 is 3.00 bits per heavy atom. The van der Waals surface area contributed by atoms with Crippen LogP contribution in [-0.4, -0.2) is 52.0 Å². The second kappa shape index (κ2) is 5.41. The van der Waals surface area contributed by atoms with Crippen molar-refractivity contribution in [3.63, 3.8) is 0 Å². The summed E-state index contributed by atoms with van der Waals surface area (Å²) in [5, 5.41) is 19.3. The molecule has 0 radical (unpaired) electrons. The number of nitriles is 1. The molecule has 2 rings (SSSR count). The molecule has 0 aliphatic carbocycles. The van der Waals surface area contributed by atoms with Crippen LogP contribution in [0.15, 0.2) is 6.20 Å². The molecule has 7 nitrogen and oxygen atoms in total. The summed E-state index contributed by atoms with van der Waals surface area (Å²) in [5.41, 5.74) is 0.690. The van der Waals surface area contributed by atoms with E-state index in [-0.39, 0.29) is 18.9 Å². The fourth-order valence-corrected chi connectivity index (χ4v) is 1.80. The van der Waals surface area contributed by atoms with Crippen LogP contribution in [0.2, 0.25) is 0 Å². The minimum absolute atomic E-state index is 0.0630. The highest BCUT2D eigenvalue weighted by molar-refractivity contribution is 5.78. The number of aromatic nitrogens is 3. The smallest absolute Gasteiger partial charge is 0.228 e. The third kappa shape index (κ3) is 2.79. The third-order valence-electron chi connectivity index (χ3n) is 2.72. The number of hydrogen-bond donors (Lipinski definition) is 1. The van der Waals surface area contributed by atoms with Crippen molar-refractivity contribution in [3.8, 4) is 6.07 Å². The van der Waals surface area contributed by atoms with Crippen molar-refractivity contribution in [2.24, 2.45) is 0 Å². The van der Waals surface area contributed by atoms with Crippen LogP contribution in [0.4, 0.5) is 0 Å². The van der Waals surface area contributed by atoms with Gasteiger partial charge in [-0.2, -0.15) is 5.26 Å². The summed E-state index contributed by atoms with van der Waals surface area (Å²) < 4.78 is 1.46. The van der Waals surface area contributed by atoms with E-state index in [1.54, 1.807) is 0 Å². The molecule has 1 aliphatic heterocycles. The fraction of sp³-hybridized carbons (Fsp3) is 0.600. The first-order valence-electron chi connectivity index (χ1n) is 5.54. The Morgan fingerprint density at radius 1 is 1.53 bits per heavy atom. The average Bonchev–Trinajstić information content (AvgIpc) is 2.78. The number of nitrogens with one attached hydrogen (secondary N) is 1. The van der Waals surface area contributed by atoms with E-state index in [9.17, 15) is 4.79 Å². The van der Waals surface area contributed by atoms with Crippen LogP contribution < -0.4 is 5.32 Å². The van der Waals surface area contributed by atoms with Gasteiger partial charge in [0.05, 0.1) is 24.4 Å². The van der Waals surface area contributed by atoms with Crippen LogP contribution in [0.25, 0.3) is 0 Å². The standard InChI is InChI=1S/C10H14N6O/c11-1-4-16-9(8-13-14-16)7-10(17)15-5-2-12-3-6-15/h8,12H,2-7H2. The maximum atomic E-state index is 12.0. The van der Waals surface area contributed by atoms with E-state index in [2.05, 4.69) is 15.6 Å². The molecule has 2 heterocycles. The van der Waals surface area contributed by atoms with E-state index in [1.165, 1.54) is 10.9 Å². The first-order chi connectivity index (χ1) is 8.31. The van der Waals surface area contributed by atoms with Crippen molar-refractivity contribution in [1.82, 2.24) is 25.2 Å². The first kappa shape index (κ1) is 11.5. The van der Waals surface area contributed by atoms with Crippen LogP contribution in [-0.2, 0) is 17.8 Å². The maximum absolute atomic E-state index is 12.0. The van der Waals surface area contributed by atoms with Gasteiger partial charge in [0.25, 0.3) is 0 Å². The topological polar surface area (TPSA) is 86.8 Å². The molecule has 0 spiro atoms. The Bertz CT molecular complexity index is 428. The van der Waals surface area contributed by atoms with E-state index in [0.717, 1.165) is 26.2 Å². The molecule has 7 heteroatoms. The van der Waals surface area contributed by atoms with Crippen molar-refractivity contribution < 1.29 is 4.79 Å². The zero-order valence-corrected chi connectivity index (χ0v) is 9.46. The highest BCUT2D eigenvalue weighted by atomic mass is 16.2. The van der Waals surface area contributed by atoms with E-state index in [0.29, 0.717) is 5.69 Å². The minimum atomic E-state index is 0.0630. The van der Waals surface area contributed by atoms with Crippen LogP contribution in [0.1, 0.15) is 5.69 Å². The van der Waals surface area contributed by atoms with Gasteiger partial charge in [-0.3, -0.25) is 4.79 Å². The van der Waals surface area contributed by atoms with Crippen LogP contribution in [0.3, 0.4) is 0 Å². The predicted octanol–water partition coefficient (Wildman–Crippen LogP) is -1.22. The summed E-state index contributed by atoms with van der Waals surface area (Å²) in [4.78, 5) is 13.8. The van der Waals surface area contributed by atoms with Crippen molar-refractivity contribution >= 4 is 5.91 Å². The zero-order valence-electron chi connectivity index (χ0n) is 9.46. The fourth-order valence-electron chi connectivity index (χ4n) is 1.80. The van der Waals surface area contributed by atoms with Crippen LogP contribution in [0, 0.1) is 11.3 Å². The lowest BCUT2D eigenvalue weighted by atomic mass is 10.2. The second-order valence-electron chi connectivity index (χ2n) is 3.85. The lowest BCUT2D eigenvalue weighted by Gasteiger charge is -2.27. The lowest BCUT2D eigenvalue weighted by molar-refractivity contribution is -0.131. The normalized spacial score (nSPS) is 15.6. The summed E-state index contributed by atoms with van der Waals surface area (Å²) in [6.45, 7) is 3.27. The Hall–Kier alpha value is -1.94. The van der Waals surface area contributed by atoms with Gasteiger partial charge in [-0.25, -0.2) is 4.68 Å². The summed E-state index contributed by atoms with van der Waals surface area (Å²) in [6.07, 6.45) is 1.80. The molecule has 1 aliphatic rings.